The number of phenolic OH excluding ortho intramolecular Hbond substituents is 1. The third-order valence-electron chi connectivity index (χ3n) is 4.38. The van der Waals surface area contributed by atoms with Crippen molar-refractivity contribution in [2.75, 3.05) is 0 Å². The Morgan fingerprint density at radius 2 is 2.00 bits per heavy atom. The van der Waals surface area contributed by atoms with Gasteiger partial charge in [0.2, 0.25) is 0 Å². The van der Waals surface area contributed by atoms with Crippen LogP contribution in [0.4, 0.5) is 0 Å². The van der Waals surface area contributed by atoms with Crippen molar-refractivity contribution < 1.29 is 5.11 Å². The molecule has 1 saturated heterocycles. The Kier molecular flexibility index (Phi) is 3.22. The van der Waals surface area contributed by atoms with Crippen molar-refractivity contribution in [1.29, 1.82) is 0 Å². The molecule has 0 bridgehead atoms. The lowest BCUT2D eigenvalue weighted by Gasteiger charge is -2.36. The lowest BCUT2D eigenvalue weighted by Crippen LogP contribution is -2.40. The van der Waals surface area contributed by atoms with Crippen LogP contribution in [0.1, 0.15) is 31.2 Å². The van der Waals surface area contributed by atoms with Gasteiger partial charge < -0.3 is 5.11 Å². The first-order chi connectivity index (χ1) is 8.66. The first-order valence-electron chi connectivity index (χ1n) is 6.60. The Morgan fingerprint density at radius 1 is 1.22 bits per heavy atom. The summed E-state index contributed by atoms with van der Waals surface area (Å²) in [5, 5.41) is 10.1. The van der Waals surface area contributed by atoms with E-state index in [-0.39, 0.29) is 5.38 Å². The van der Waals surface area contributed by atoms with Gasteiger partial charge in [-0.05, 0) is 37.3 Å². The highest BCUT2D eigenvalue weighted by molar-refractivity contribution is 6.21. The van der Waals surface area contributed by atoms with Gasteiger partial charge in [-0.25, -0.2) is 0 Å². The van der Waals surface area contributed by atoms with E-state index in [1.165, 1.54) is 0 Å². The summed E-state index contributed by atoms with van der Waals surface area (Å²) in [6.45, 7) is 2.17. The Hall–Kier alpha value is -0.770. The van der Waals surface area contributed by atoms with Crippen LogP contribution in [0.2, 0.25) is 0 Å². The van der Waals surface area contributed by atoms with Crippen molar-refractivity contribution in [2.24, 2.45) is 5.92 Å². The first kappa shape index (κ1) is 12.3. The molecular weight excluding hydrogens is 248 g/mol. The number of phenols is 1. The molecule has 0 radical (unpaired) electrons. The summed E-state index contributed by atoms with van der Waals surface area (Å²) in [4.78, 5) is 0. The highest BCUT2D eigenvalue weighted by Crippen LogP contribution is 2.43. The van der Waals surface area contributed by atoms with Gasteiger partial charge in [-0.1, -0.05) is 18.2 Å². The molecule has 4 heteroatoms. The fourth-order valence-corrected chi connectivity index (χ4v) is 4.09. The van der Waals surface area contributed by atoms with Gasteiger partial charge in [-0.2, -0.15) is 0 Å². The summed E-state index contributed by atoms with van der Waals surface area (Å²) in [7, 11) is 0. The molecule has 0 amide bonds. The van der Waals surface area contributed by atoms with Crippen molar-refractivity contribution in [2.45, 2.75) is 43.1 Å². The van der Waals surface area contributed by atoms with Gasteiger partial charge in [0, 0.05) is 23.4 Å². The number of alkyl halides is 1. The topological polar surface area (TPSA) is 44.3 Å². The molecule has 2 aliphatic rings. The number of halogens is 1. The van der Waals surface area contributed by atoms with Crippen LogP contribution in [0, 0.1) is 5.92 Å². The van der Waals surface area contributed by atoms with E-state index < -0.39 is 0 Å². The van der Waals surface area contributed by atoms with E-state index in [0.717, 1.165) is 18.4 Å². The number of rotatable bonds is 1. The number of fused-ring (bicyclic) bond motifs is 1. The van der Waals surface area contributed by atoms with Crippen LogP contribution in [0.5, 0.6) is 5.75 Å². The van der Waals surface area contributed by atoms with Gasteiger partial charge in [0.1, 0.15) is 5.75 Å². The number of aromatic hydroxyl groups is 1. The third kappa shape index (κ3) is 2.00. The third-order valence-corrected chi connectivity index (χ3v) is 4.85. The molecule has 5 unspecified atom stereocenters. The number of hydrogen-bond donors (Lipinski definition) is 3. The predicted octanol–water partition coefficient (Wildman–Crippen LogP) is 2.36. The lowest BCUT2D eigenvalue weighted by atomic mass is 9.74. The molecule has 2 fully saturated rings. The lowest BCUT2D eigenvalue weighted by molar-refractivity contribution is 0.287. The van der Waals surface area contributed by atoms with Crippen molar-refractivity contribution in [3.05, 3.63) is 29.8 Å². The maximum atomic E-state index is 9.96. The summed E-state index contributed by atoms with van der Waals surface area (Å²) < 4.78 is 0. The van der Waals surface area contributed by atoms with E-state index in [4.69, 9.17) is 11.6 Å². The molecule has 3 nitrogen and oxygen atoms in total. The number of hydrogen-bond acceptors (Lipinski definition) is 3. The molecule has 3 rings (SSSR count). The van der Waals surface area contributed by atoms with E-state index in [0.29, 0.717) is 29.7 Å². The molecular formula is C14H19ClN2O. The molecule has 18 heavy (non-hydrogen) atoms. The summed E-state index contributed by atoms with van der Waals surface area (Å²) >= 11 is 6.55. The molecule has 1 saturated carbocycles. The fourth-order valence-electron chi connectivity index (χ4n) is 3.48. The van der Waals surface area contributed by atoms with Gasteiger partial charge >= 0.3 is 0 Å². The molecule has 1 aliphatic heterocycles. The van der Waals surface area contributed by atoms with E-state index >= 15 is 0 Å². The normalized spacial score (nSPS) is 39.6. The molecule has 0 spiro atoms. The van der Waals surface area contributed by atoms with E-state index in [1.807, 2.05) is 18.2 Å². The summed E-state index contributed by atoms with van der Waals surface area (Å²) in [5.41, 5.74) is 7.65. The minimum absolute atomic E-state index is 0.158. The van der Waals surface area contributed by atoms with Crippen LogP contribution in [-0.2, 0) is 0 Å². The Morgan fingerprint density at radius 3 is 2.78 bits per heavy atom. The van der Waals surface area contributed by atoms with Crippen LogP contribution < -0.4 is 10.9 Å². The van der Waals surface area contributed by atoms with Crippen LogP contribution in [-0.4, -0.2) is 22.6 Å². The second-order valence-corrected chi connectivity index (χ2v) is 6.06. The Bertz CT molecular complexity index is 440. The van der Waals surface area contributed by atoms with Gasteiger partial charge in [0.05, 0.1) is 0 Å². The second kappa shape index (κ2) is 4.72. The van der Waals surface area contributed by atoms with Crippen molar-refractivity contribution in [1.82, 2.24) is 10.9 Å². The van der Waals surface area contributed by atoms with Gasteiger partial charge in [0.15, 0.2) is 0 Å². The standard InChI is InChI=1S/C14H19ClN2O/c1-8-14-11(15)6-9(7-12(14)17-16-8)10-4-2-3-5-13(10)18/h2-5,8-9,11-12,14,16-18H,6-7H2,1H3. The number of hydrazine groups is 1. The SMILES string of the molecule is CC1NNC2CC(c3ccccc3O)CC(Cl)C12. The average Bonchev–Trinajstić information content (AvgIpc) is 2.72. The zero-order valence-corrected chi connectivity index (χ0v) is 11.2. The molecule has 98 valence electrons. The maximum absolute atomic E-state index is 9.96. The van der Waals surface area contributed by atoms with Crippen LogP contribution >= 0.6 is 11.6 Å². The fraction of sp³-hybridized carbons (Fsp3) is 0.571. The molecule has 5 atom stereocenters. The summed E-state index contributed by atoms with van der Waals surface area (Å²) in [6.07, 6.45) is 1.97. The second-order valence-electron chi connectivity index (χ2n) is 5.50. The highest BCUT2D eigenvalue weighted by atomic mass is 35.5. The van der Waals surface area contributed by atoms with Crippen LogP contribution in [0.25, 0.3) is 0 Å². The zero-order chi connectivity index (χ0) is 12.7. The number of para-hydroxylation sites is 1. The van der Waals surface area contributed by atoms with Gasteiger partial charge in [0.25, 0.3) is 0 Å². The molecule has 1 heterocycles. The van der Waals surface area contributed by atoms with Crippen molar-refractivity contribution in [3.63, 3.8) is 0 Å². The van der Waals surface area contributed by atoms with E-state index in [1.54, 1.807) is 6.07 Å². The smallest absolute Gasteiger partial charge is 0.119 e. The highest BCUT2D eigenvalue weighted by Gasteiger charge is 2.44. The predicted molar refractivity (Wildman–Crippen MR) is 72.7 cm³/mol. The largest absolute Gasteiger partial charge is 0.508 e. The minimum atomic E-state index is 0.158. The van der Waals surface area contributed by atoms with Gasteiger partial charge in [-0.15, -0.1) is 11.6 Å². The van der Waals surface area contributed by atoms with Crippen molar-refractivity contribution >= 4 is 11.6 Å². The van der Waals surface area contributed by atoms with Crippen LogP contribution in [0.15, 0.2) is 24.3 Å². The maximum Gasteiger partial charge on any atom is 0.119 e. The number of nitrogens with one attached hydrogen (secondary N) is 2. The quantitative estimate of drug-likeness (QED) is 0.684. The van der Waals surface area contributed by atoms with Gasteiger partial charge in [-0.3, -0.25) is 10.9 Å². The molecule has 0 aromatic heterocycles. The average molecular weight is 267 g/mol. The summed E-state index contributed by atoms with van der Waals surface area (Å²) in [6, 6.07) is 8.43. The monoisotopic (exact) mass is 266 g/mol. The van der Waals surface area contributed by atoms with E-state index in [9.17, 15) is 5.11 Å². The Labute approximate surface area is 113 Å². The zero-order valence-electron chi connectivity index (χ0n) is 10.4. The van der Waals surface area contributed by atoms with E-state index in [2.05, 4.69) is 17.8 Å². The summed E-state index contributed by atoms with van der Waals surface area (Å²) in [5.74, 6) is 1.21. The number of benzene rings is 1. The van der Waals surface area contributed by atoms with Crippen molar-refractivity contribution in [3.8, 4) is 5.75 Å². The van der Waals surface area contributed by atoms with Crippen LogP contribution in [0.3, 0.4) is 0 Å². The molecule has 1 aliphatic carbocycles. The molecule has 1 aromatic carbocycles. The Balaban J connectivity index is 1.83. The minimum Gasteiger partial charge on any atom is -0.508 e. The first-order valence-corrected chi connectivity index (χ1v) is 7.03. The molecule has 1 aromatic rings. The molecule has 3 N–H and O–H groups in total.